The fourth-order valence-electron chi connectivity index (χ4n) is 4.63. The molecule has 1 unspecified atom stereocenters. The number of carbonyl (C=O) groups is 3. The molecule has 3 amide bonds. The standard InChI is InChI=1S/C23H27N3O5S2/c1-16(27)24-17-10-12-18(13-11-17)25-21(28)15-20(23(25)29)26(19-7-4-2-3-5-8-19)33(30,31)22-9-6-14-32-22/h6,9-14,19-20H,2-5,7-8,15H2,1H3,(H,24,27). The maximum atomic E-state index is 13.6. The van der Waals surface area contributed by atoms with Crippen LogP contribution in [0.4, 0.5) is 11.4 Å². The number of hydrogen-bond acceptors (Lipinski definition) is 6. The third-order valence-corrected chi connectivity index (χ3v) is 9.42. The smallest absolute Gasteiger partial charge is 0.253 e. The number of sulfonamides is 1. The van der Waals surface area contributed by atoms with Gasteiger partial charge in [-0.2, -0.15) is 4.31 Å². The SMILES string of the molecule is CC(=O)Nc1ccc(N2C(=O)CC(N(C3CCCCCC3)S(=O)(=O)c3cccs3)C2=O)cc1. The number of amides is 3. The summed E-state index contributed by atoms with van der Waals surface area (Å²) in [5, 5.41) is 4.34. The monoisotopic (exact) mass is 489 g/mol. The molecule has 1 N–H and O–H groups in total. The second-order valence-corrected chi connectivity index (χ2v) is 11.4. The predicted molar refractivity (Wildman–Crippen MR) is 126 cm³/mol. The molecule has 33 heavy (non-hydrogen) atoms. The van der Waals surface area contributed by atoms with Crippen LogP contribution in [-0.4, -0.2) is 42.5 Å². The molecular weight excluding hydrogens is 462 g/mol. The molecule has 1 aromatic carbocycles. The molecule has 10 heteroatoms. The number of hydrogen-bond donors (Lipinski definition) is 1. The van der Waals surface area contributed by atoms with E-state index in [1.54, 1.807) is 41.8 Å². The summed E-state index contributed by atoms with van der Waals surface area (Å²) in [6.45, 7) is 1.39. The highest BCUT2D eigenvalue weighted by molar-refractivity contribution is 7.91. The van der Waals surface area contributed by atoms with Crippen molar-refractivity contribution < 1.29 is 22.8 Å². The van der Waals surface area contributed by atoms with Crippen LogP contribution < -0.4 is 10.2 Å². The lowest BCUT2D eigenvalue weighted by atomic mass is 10.1. The van der Waals surface area contributed by atoms with Crippen molar-refractivity contribution in [2.45, 2.75) is 68.2 Å². The number of benzene rings is 1. The van der Waals surface area contributed by atoms with E-state index in [4.69, 9.17) is 0 Å². The van der Waals surface area contributed by atoms with Gasteiger partial charge in [-0.1, -0.05) is 31.7 Å². The first kappa shape index (κ1) is 23.6. The third-order valence-electron chi connectivity index (χ3n) is 6.09. The lowest BCUT2D eigenvalue weighted by Crippen LogP contribution is -2.50. The number of imide groups is 1. The van der Waals surface area contributed by atoms with E-state index in [-0.39, 0.29) is 22.6 Å². The van der Waals surface area contributed by atoms with Crippen LogP contribution in [0.1, 0.15) is 51.9 Å². The molecule has 8 nitrogen and oxygen atoms in total. The fraction of sp³-hybridized carbons (Fsp3) is 0.435. The summed E-state index contributed by atoms with van der Waals surface area (Å²) in [6.07, 6.45) is 5.02. The Labute approximate surface area is 197 Å². The van der Waals surface area contributed by atoms with Gasteiger partial charge in [0.05, 0.1) is 12.1 Å². The molecule has 0 radical (unpaired) electrons. The van der Waals surface area contributed by atoms with Crippen LogP contribution in [0.2, 0.25) is 0 Å². The van der Waals surface area contributed by atoms with E-state index in [0.29, 0.717) is 24.2 Å². The van der Waals surface area contributed by atoms with Gasteiger partial charge in [0.2, 0.25) is 11.8 Å². The molecule has 1 aliphatic carbocycles. The second-order valence-electron chi connectivity index (χ2n) is 8.43. The van der Waals surface area contributed by atoms with Crippen LogP contribution in [0, 0.1) is 0 Å². The summed E-state index contributed by atoms with van der Waals surface area (Å²) in [7, 11) is -3.93. The van der Waals surface area contributed by atoms with Crippen molar-refractivity contribution in [3.05, 3.63) is 41.8 Å². The zero-order valence-corrected chi connectivity index (χ0v) is 20.0. The Balaban J connectivity index is 1.67. The highest BCUT2D eigenvalue weighted by Crippen LogP contribution is 2.35. The van der Waals surface area contributed by atoms with Crippen LogP contribution in [-0.2, 0) is 24.4 Å². The van der Waals surface area contributed by atoms with Gasteiger partial charge >= 0.3 is 0 Å². The average Bonchev–Trinajstić information content (AvgIpc) is 3.31. The number of thiophene rings is 1. The molecule has 2 fully saturated rings. The minimum absolute atomic E-state index is 0.185. The highest BCUT2D eigenvalue weighted by atomic mass is 32.2. The van der Waals surface area contributed by atoms with Crippen molar-refractivity contribution in [3.8, 4) is 0 Å². The molecule has 2 aliphatic rings. The van der Waals surface area contributed by atoms with Crippen molar-refractivity contribution >= 4 is 50.5 Å². The van der Waals surface area contributed by atoms with Crippen LogP contribution in [0.15, 0.2) is 46.0 Å². The summed E-state index contributed by atoms with van der Waals surface area (Å²) in [4.78, 5) is 38.8. The molecular formula is C23H27N3O5S2. The molecule has 2 aromatic rings. The first-order valence-corrected chi connectivity index (χ1v) is 13.4. The molecule has 1 saturated carbocycles. The first-order chi connectivity index (χ1) is 15.8. The summed E-state index contributed by atoms with van der Waals surface area (Å²) in [5.74, 6) is -1.19. The van der Waals surface area contributed by atoms with E-state index >= 15 is 0 Å². The number of rotatable bonds is 6. The van der Waals surface area contributed by atoms with Crippen LogP contribution in [0.25, 0.3) is 0 Å². The zero-order chi connectivity index (χ0) is 23.6. The van der Waals surface area contributed by atoms with Gasteiger partial charge in [0.15, 0.2) is 0 Å². The Morgan fingerprint density at radius 1 is 1.06 bits per heavy atom. The number of nitrogens with zero attached hydrogens (tertiary/aromatic N) is 2. The van der Waals surface area contributed by atoms with Crippen LogP contribution in [0.3, 0.4) is 0 Å². The Bertz CT molecular complexity index is 1120. The molecule has 1 saturated heterocycles. The maximum absolute atomic E-state index is 13.6. The van der Waals surface area contributed by atoms with E-state index in [2.05, 4.69) is 5.32 Å². The van der Waals surface area contributed by atoms with Gasteiger partial charge in [0, 0.05) is 18.7 Å². The van der Waals surface area contributed by atoms with Gasteiger partial charge in [-0.15, -0.1) is 11.3 Å². The average molecular weight is 490 g/mol. The molecule has 0 spiro atoms. The number of anilines is 2. The van der Waals surface area contributed by atoms with Gasteiger partial charge in [-0.3, -0.25) is 14.4 Å². The van der Waals surface area contributed by atoms with E-state index < -0.39 is 27.9 Å². The molecule has 1 atom stereocenters. The van der Waals surface area contributed by atoms with E-state index in [9.17, 15) is 22.8 Å². The van der Waals surface area contributed by atoms with Gasteiger partial charge in [0.25, 0.3) is 15.9 Å². The van der Waals surface area contributed by atoms with Crippen molar-refractivity contribution in [2.24, 2.45) is 0 Å². The van der Waals surface area contributed by atoms with Crippen molar-refractivity contribution in [2.75, 3.05) is 10.2 Å². The minimum Gasteiger partial charge on any atom is -0.326 e. The Morgan fingerprint density at radius 2 is 1.73 bits per heavy atom. The predicted octanol–water partition coefficient (Wildman–Crippen LogP) is 3.75. The third kappa shape index (κ3) is 4.87. The topological polar surface area (TPSA) is 104 Å². The summed E-state index contributed by atoms with van der Waals surface area (Å²) in [5.41, 5.74) is 0.901. The van der Waals surface area contributed by atoms with Crippen molar-refractivity contribution in [1.82, 2.24) is 4.31 Å². The first-order valence-electron chi connectivity index (χ1n) is 11.1. The molecule has 0 bridgehead atoms. The van der Waals surface area contributed by atoms with Gasteiger partial charge in [-0.05, 0) is 48.6 Å². The molecule has 1 aliphatic heterocycles. The quantitative estimate of drug-likeness (QED) is 0.492. The van der Waals surface area contributed by atoms with E-state index in [0.717, 1.165) is 41.9 Å². The lowest BCUT2D eigenvalue weighted by molar-refractivity contribution is -0.122. The molecule has 2 heterocycles. The fourth-order valence-corrected chi connectivity index (χ4v) is 7.55. The highest BCUT2D eigenvalue weighted by Gasteiger charge is 2.49. The summed E-state index contributed by atoms with van der Waals surface area (Å²) < 4.78 is 28.8. The van der Waals surface area contributed by atoms with Gasteiger partial charge in [0.1, 0.15) is 10.3 Å². The molecule has 176 valence electrons. The van der Waals surface area contributed by atoms with Crippen molar-refractivity contribution in [1.29, 1.82) is 0 Å². The van der Waals surface area contributed by atoms with Gasteiger partial charge < -0.3 is 5.32 Å². The van der Waals surface area contributed by atoms with Crippen LogP contribution in [0.5, 0.6) is 0 Å². The normalized spacial score (nSPS) is 20.3. The van der Waals surface area contributed by atoms with Gasteiger partial charge in [-0.25, -0.2) is 13.3 Å². The number of nitrogens with one attached hydrogen (secondary N) is 1. The van der Waals surface area contributed by atoms with E-state index in [1.807, 2.05) is 0 Å². The Kier molecular flexibility index (Phi) is 6.96. The lowest BCUT2D eigenvalue weighted by Gasteiger charge is -2.33. The Hall–Kier alpha value is -2.56. The minimum atomic E-state index is -3.93. The summed E-state index contributed by atoms with van der Waals surface area (Å²) in [6, 6.07) is 8.20. The number of carbonyl (C=O) groups excluding carboxylic acids is 3. The zero-order valence-electron chi connectivity index (χ0n) is 18.4. The molecule has 4 rings (SSSR count). The Morgan fingerprint density at radius 3 is 2.30 bits per heavy atom. The van der Waals surface area contributed by atoms with Crippen molar-refractivity contribution in [3.63, 3.8) is 0 Å². The van der Waals surface area contributed by atoms with E-state index in [1.165, 1.54) is 11.2 Å². The molecule has 1 aromatic heterocycles. The summed E-state index contributed by atoms with van der Waals surface area (Å²) >= 11 is 1.12. The largest absolute Gasteiger partial charge is 0.326 e. The van der Waals surface area contributed by atoms with Crippen LogP contribution >= 0.6 is 11.3 Å². The maximum Gasteiger partial charge on any atom is 0.253 e. The second kappa shape index (κ2) is 9.74.